The third-order valence-electron chi connectivity index (χ3n) is 16.7. The van der Waals surface area contributed by atoms with Gasteiger partial charge < -0.3 is 24.0 Å². The van der Waals surface area contributed by atoms with Gasteiger partial charge in [-0.15, -0.1) is 0 Å². The van der Waals surface area contributed by atoms with Crippen molar-refractivity contribution in [1.82, 2.24) is 0 Å². The molecule has 0 spiro atoms. The largest absolute Gasteiger partial charge is 0.454 e. The summed E-state index contributed by atoms with van der Waals surface area (Å²) in [4.78, 5) is 15.0. The summed E-state index contributed by atoms with van der Waals surface area (Å²) >= 11 is 3.81. The Morgan fingerprint density at radius 3 is 1.44 bits per heavy atom. The van der Waals surface area contributed by atoms with Gasteiger partial charge in [-0.05, 0) is 137 Å². The standard InChI is InChI=1S/C72H46B2N4OS2/c1-6-23-47(24-7-1)75(48-25-8-2-9-26-48)52-41-63-70-64(42-52)78(61-38-22-34-55-54-33-16-20-39-65(54)79-72(55)61)62-46-67-59(45-58(62)73(70)56-35-17-19-37-60(56)77(63)51-31-14-5-15-32-51)74-57-36-18-21-40-66(57)80-68-43-53(44-69(81-67)71(68)74)76(49-27-10-3-11-28-49)50-29-12-4-13-30-50/h1-46H. The van der Waals surface area contributed by atoms with Crippen molar-refractivity contribution in [2.24, 2.45) is 0 Å². The van der Waals surface area contributed by atoms with E-state index in [0.717, 1.165) is 84.5 Å². The quantitative estimate of drug-likeness (QED) is 0.140. The first-order chi connectivity index (χ1) is 40.2. The van der Waals surface area contributed by atoms with Crippen LogP contribution in [0.2, 0.25) is 0 Å². The summed E-state index contributed by atoms with van der Waals surface area (Å²) in [6, 6.07) is 102. The molecule has 4 aliphatic heterocycles. The Kier molecular flexibility index (Phi) is 10.6. The van der Waals surface area contributed by atoms with E-state index in [9.17, 15) is 0 Å². The predicted molar refractivity (Wildman–Crippen MR) is 343 cm³/mol. The summed E-state index contributed by atoms with van der Waals surface area (Å²) in [7, 11) is 0. The summed E-state index contributed by atoms with van der Waals surface area (Å²) in [5.41, 5.74) is 22.8. The second-order valence-electron chi connectivity index (χ2n) is 21.1. The van der Waals surface area contributed by atoms with Crippen molar-refractivity contribution in [1.29, 1.82) is 0 Å². The maximum absolute atomic E-state index is 7.11. The van der Waals surface area contributed by atoms with Crippen molar-refractivity contribution < 1.29 is 4.42 Å². The fraction of sp³-hybridized carbons (Fsp3) is 0. The van der Waals surface area contributed by atoms with Gasteiger partial charge in [0.2, 0.25) is 6.71 Å². The normalized spacial score (nSPS) is 13.2. The Morgan fingerprint density at radius 2 is 0.790 bits per heavy atom. The van der Waals surface area contributed by atoms with Crippen molar-refractivity contribution in [2.75, 3.05) is 19.6 Å². The van der Waals surface area contributed by atoms with Crippen LogP contribution >= 0.6 is 23.5 Å². The monoisotopic (exact) mass is 1070 g/mol. The van der Waals surface area contributed by atoms with E-state index >= 15 is 0 Å². The zero-order valence-electron chi connectivity index (χ0n) is 43.7. The maximum atomic E-state index is 7.11. The average Bonchev–Trinajstić information content (AvgIpc) is 4.12. The molecule has 1 aromatic heterocycles. The van der Waals surface area contributed by atoms with E-state index in [2.05, 4.69) is 299 Å². The molecular weight excluding hydrogens is 1020 g/mol. The molecule has 0 fully saturated rings. The van der Waals surface area contributed by atoms with E-state index in [1.54, 1.807) is 0 Å². The second-order valence-corrected chi connectivity index (χ2v) is 23.3. The summed E-state index contributed by atoms with van der Waals surface area (Å²) in [5.74, 6) is 0. The second kappa shape index (κ2) is 18.5. The number of benzene rings is 12. The number of anilines is 12. The van der Waals surface area contributed by atoms with Gasteiger partial charge in [0.1, 0.15) is 5.58 Å². The van der Waals surface area contributed by atoms with Crippen LogP contribution in [0.5, 0.6) is 0 Å². The van der Waals surface area contributed by atoms with E-state index < -0.39 is 0 Å². The molecule has 0 unspecified atom stereocenters. The molecule has 378 valence electrons. The Balaban J connectivity index is 0.970. The van der Waals surface area contributed by atoms with Crippen LogP contribution in [0.1, 0.15) is 0 Å². The molecule has 0 saturated carbocycles. The summed E-state index contributed by atoms with van der Waals surface area (Å²) in [6.45, 7) is -0.120. The molecule has 9 heteroatoms. The average molecular weight is 1070 g/mol. The minimum atomic E-state index is -0.125. The third-order valence-corrected chi connectivity index (χ3v) is 18.9. The molecule has 17 rings (SSSR count). The first-order valence-corrected chi connectivity index (χ1v) is 29.3. The topological polar surface area (TPSA) is 26.1 Å². The van der Waals surface area contributed by atoms with Crippen molar-refractivity contribution in [3.63, 3.8) is 0 Å². The summed E-state index contributed by atoms with van der Waals surface area (Å²) < 4.78 is 7.11. The maximum Gasteiger partial charge on any atom is 0.252 e. The fourth-order valence-electron chi connectivity index (χ4n) is 13.3. The highest BCUT2D eigenvalue weighted by molar-refractivity contribution is 8.01. The Hall–Kier alpha value is -9.53. The number of rotatable bonds is 8. The van der Waals surface area contributed by atoms with Gasteiger partial charge in [-0.25, -0.2) is 0 Å². The van der Waals surface area contributed by atoms with Crippen LogP contribution in [0, 0.1) is 0 Å². The molecule has 0 bridgehead atoms. The zero-order valence-corrected chi connectivity index (χ0v) is 45.4. The van der Waals surface area contributed by atoms with Crippen molar-refractivity contribution in [3.8, 4) is 0 Å². The number of hydrogen-bond acceptors (Lipinski definition) is 7. The number of nitrogens with zero attached hydrogens (tertiary/aromatic N) is 4. The summed E-state index contributed by atoms with van der Waals surface area (Å²) in [6.07, 6.45) is 0. The molecule has 0 amide bonds. The van der Waals surface area contributed by atoms with Gasteiger partial charge in [-0.3, -0.25) is 0 Å². The Morgan fingerprint density at radius 1 is 0.296 bits per heavy atom. The predicted octanol–water partition coefficient (Wildman–Crippen LogP) is 16.1. The summed E-state index contributed by atoms with van der Waals surface area (Å²) in [5, 5.41) is 2.18. The Labute approximate surface area is 479 Å². The first kappa shape index (κ1) is 46.4. The van der Waals surface area contributed by atoms with Crippen molar-refractivity contribution in [3.05, 3.63) is 279 Å². The third kappa shape index (κ3) is 7.25. The van der Waals surface area contributed by atoms with Gasteiger partial charge in [0.25, 0.3) is 6.71 Å². The number of hydrogen-bond donors (Lipinski definition) is 0. The highest BCUT2D eigenvalue weighted by Crippen LogP contribution is 2.52. The molecule has 5 heterocycles. The van der Waals surface area contributed by atoms with E-state index in [0.29, 0.717) is 0 Å². The molecule has 12 aromatic carbocycles. The van der Waals surface area contributed by atoms with Crippen LogP contribution in [0.4, 0.5) is 68.2 Å². The molecule has 81 heavy (non-hydrogen) atoms. The van der Waals surface area contributed by atoms with Crippen LogP contribution in [-0.4, -0.2) is 13.4 Å². The highest BCUT2D eigenvalue weighted by atomic mass is 32.2. The molecule has 0 aliphatic carbocycles. The van der Waals surface area contributed by atoms with Gasteiger partial charge in [0.05, 0.1) is 11.4 Å². The number of para-hydroxylation sites is 8. The molecule has 4 aliphatic rings. The van der Waals surface area contributed by atoms with Crippen molar-refractivity contribution in [2.45, 2.75) is 19.6 Å². The lowest BCUT2D eigenvalue weighted by Crippen LogP contribution is -2.64. The van der Waals surface area contributed by atoms with Gasteiger partial charge in [-0.1, -0.05) is 198 Å². The molecule has 0 saturated heterocycles. The minimum absolute atomic E-state index is 0.00500. The van der Waals surface area contributed by atoms with E-state index in [4.69, 9.17) is 4.42 Å². The van der Waals surface area contributed by atoms with Gasteiger partial charge in [0, 0.05) is 87.2 Å². The highest BCUT2D eigenvalue weighted by Gasteiger charge is 2.47. The minimum Gasteiger partial charge on any atom is -0.454 e. The van der Waals surface area contributed by atoms with Crippen LogP contribution < -0.4 is 52.4 Å². The van der Waals surface area contributed by atoms with Crippen LogP contribution in [0.25, 0.3) is 21.9 Å². The van der Waals surface area contributed by atoms with E-state index in [1.807, 2.05) is 23.5 Å². The molecule has 0 radical (unpaired) electrons. The SMILES string of the molecule is c1ccc(N(c2ccccc2)c2cc3c4c(c2)Sc2cc5c(cc2B4c2ccccc2S3)B2c3ccccc3N(c3ccccc3)c3cc(N(c4ccccc4)c4ccccc4)cc(c32)N5c2cccc3c2oc2ccccc23)cc1. The molecule has 13 aromatic rings. The molecular formula is C72H46B2N4OS2. The lowest BCUT2D eigenvalue weighted by molar-refractivity contribution is 0.669. The number of fused-ring (bicyclic) bond motifs is 11. The van der Waals surface area contributed by atoms with E-state index in [1.165, 1.54) is 58.0 Å². The lowest BCUT2D eigenvalue weighted by atomic mass is 9.31. The van der Waals surface area contributed by atoms with Crippen LogP contribution in [-0.2, 0) is 0 Å². The fourth-order valence-corrected chi connectivity index (χ4v) is 15.8. The smallest absolute Gasteiger partial charge is 0.252 e. The van der Waals surface area contributed by atoms with Crippen LogP contribution in [0.15, 0.2) is 303 Å². The first-order valence-electron chi connectivity index (χ1n) is 27.6. The zero-order chi connectivity index (χ0) is 53.1. The lowest BCUT2D eigenvalue weighted by Gasteiger charge is -2.45. The van der Waals surface area contributed by atoms with Gasteiger partial charge >= 0.3 is 0 Å². The van der Waals surface area contributed by atoms with E-state index in [-0.39, 0.29) is 13.4 Å². The van der Waals surface area contributed by atoms with Crippen molar-refractivity contribution >= 4 is 160 Å². The van der Waals surface area contributed by atoms with Gasteiger partial charge in [-0.2, -0.15) is 0 Å². The molecule has 0 N–H and O–H groups in total. The molecule has 5 nitrogen and oxygen atoms in total. The van der Waals surface area contributed by atoms with Crippen LogP contribution in [0.3, 0.4) is 0 Å². The molecule has 0 atom stereocenters. The number of furan rings is 1. The van der Waals surface area contributed by atoms with Gasteiger partial charge in [0.15, 0.2) is 5.58 Å². The Bertz CT molecular complexity index is 4560.